The Morgan fingerprint density at radius 2 is 1.90 bits per heavy atom. The Labute approximate surface area is 180 Å². The summed E-state index contributed by atoms with van der Waals surface area (Å²) in [4.78, 5) is 31.2. The summed E-state index contributed by atoms with van der Waals surface area (Å²) < 4.78 is 0. The predicted octanol–water partition coefficient (Wildman–Crippen LogP) is 2.08. The zero-order valence-electron chi connectivity index (χ0n) is 17.2. The third kappa shape index (κ3) is 4.97. The van der Waals surface area contributed by atoms with Gasteiger partial charge in [-0.05, 0) is 38.0 Å². The zero-order chi connectivity index (χ0) is 21.8. The standard InChI is InChI=1S/C21H25N9O/c1-13-24-7-4-18(27-13)29-19-10-17(16(12-25-19)21(23)31)28-15-5-8-30(9-6-15)20-3-2-14(22)11-26-20/h2-4,7,10-12,15H,5-6,8-9,22H2,1H3,(H2,23,31)(H2,24,25,27,28,29). The lowest BCUT2D eigenvalue weighted by molar-refractivity contribution is 0.100. The topological polar surface area (TPSA) is 148 Å². The number of hydrogen-bond acceptors (Lipinski definition) is 9. The van der Waals surface area contributed by atoms with Crippen molar-refractivity contribution in [2.45, 2.75) is 25.8 Å². The number of amides is 1. The number of nitrogen functional groups attached to an aromatic ring is 1. The van der Waals surface area contributed by atoms with Gasteiger partial charge in [0.25, 0.3) is 5.91 Å². The summed E-state index contributed by atoms with van der Waals surface area (Å²) in [5, 5.41) is 6.61. The molecule has 10 heteroatoms. The largest absolute Gasteiger partial charge is 0.397 e. The van der Waals surface area contributed by atoms with Gasteiger partial charge in [-0.15, -0.1) is 0 Å². The van der Waals surface area contributed by atoms with Gasteiger partial charge in [0, 0.05) is 37.6 Å². The summed E-state index contributed by atoms with van der Waals surface area (Å²) >= 11 is 0. The van der Waals surface area contributed by atoms with Crippen LogP contribution in [-0.2, 0) is 0 Å². The van der Waals surface area contributed by atoms with Gasteiger partial charge in [-0.25, -0.2) is 19.9 Å². The average Bonchev–Trinajstić information content (AvgIpc) is 2.75. The second-order valence-corrected chi connectivity index (χ2v) is 7.45. The maximum atomic E-state index is 11.9. The first-order valence-electron chi connectivity index (χ1n) is 10.1. The quantitative estimate of drug-likeness (QED) is 0.471. The Balaban J connectivity index is 1.45. The molecule has 0 aliphatic carbocycles. The fourth-order valence-corrected chi connectivity index (χ4v) is 3.55. The van der Waals surface area contributed by atoms with Gasteiger partial charge in [-0.3, -0.25) is 4.79 Å². The van der Waals surface area contributed by atoms with Crippen molar-refractivity contribution >= 4 is 34.7 Å². The number of nitrogens with zero attached hydrogens (tertiary/aromatic N) is 5. The minimum Gasteiger partial charge on any atom is -0.397 e. The first-order valence-corrected chi connectivity index (χ1v) is 10.1. The first-order chi connectivity index (χ1) is 15.0. The zero-order valence-corrected chi connectivity index (χ0v) is 17.2. The van der Waals surface area contributed by atoms with E-state index in [9.17, 15) is 4.79 Å². The molecule has 31 heavy (non-hydrogen) atoms. The van der Waals surface area contributed by atoms with Gasteiger partial charge >= 0.3 is 0 Å². The summed E-state index contributed by atoms with van der Waals surface area (Å²) in [5.74, 6) is 2.24. The fourth-order valence-electron chi connectivity index (χ4n) is 3.55. The molecule has 4 rings (SSSR count). The van der Waals surface area contributed by atoms with Gasteiger partial charge in [0.15, 0.2) is 0 Å². The van der Waals surface area contributed by atoms with Crippen molar-refractivity contribution in [1.29, 1.82) is 0 Å². The number of carbonyl (C=O) groups is 1. The molecular formula is C21H25N9O. The van der Waals surface area contributed by atoms with E-state index in [0.717, 1.165) is 31.7 Å². The monoisotopic (exact) mass is 419 g/mol. The van der Waals surface area contributed by atoms with E-state index in [1.165, 1.54) is 6.20 Å². The van der Waals surface area contributed by atoms with Crippen molar-refractivity contribution in [3.63, 3.8) is 0 Å². The van der Waals surface area contributed by atoms with Crippen LogP contribution < -0.4 is 27.0 Å². The molecule has 1 aliphatic rings. The Bertz CT molecular complexity index is 1060. The molecule has 0 saturated carbocycles. The van der Waals surface area contributed by atoms with E-state index >= 15 is 0 Å². The van der Waals surface area contributed by atoms with Crippen molar-refractivity contribution in [1.82, 2.24) is 19.9 Å². The van der Waals surface area contributed by atoms with Crippen LogP contribution in [0.4, 0.5) is 28.8 Å². The molecule has 160 valence electrons. The van der Waals surface area contributed by atoms with Gasteiger partial charge in [0.2, 0.25) is 0 Å². The summed E-state index contributed by atoms with van der Waals surface area (Å²) in [6.07, 6.45) is 6.60. The second kappa shape index (κ2) is 8.82. The van der Waals surface area contributed by atoms with Crippen LogP contribution in [0.5, 0.6) is 0 Å². The van der Waals surface area contributed by atoms with Crippen LogP contribution in [0.15, 0.2) is 42.9 Å². The normalized spacial score (nSPS) is 14.3. The smallest absolute Gasteiger partial charge is 0.252 e. The number of nitrogens with one attached hydrogen (secondary N) is 2. The molecule has 4 heterocycles. The van der Waals surface area contributed by atoms with E-state index in [2.05, 4.69) is 35.5 Å². The molecule has 0 bridgehead atoms. The Morgan fingerprint density at radius 3 is 2.58 bits per heavy atom. The van der Waals surface area contributed by atoms with Crippen LogP contribution in [-0.4, -0.2) is 45.0 Å². The number of pyridine rings is 2. The van der Waals surface area contributed by atoms with E-state index < -0.39 is 5.91 Å². The molecule has 10 nitrogen and oxygen atoms in total. The molecular weight excluding hydrogens is 394 g/mol. The molecule has 1 amide bonds. The van der Waals surface area contributed by atoms with Crippen molar-refractivity contribution in [3.8, 4) is 0 Å². The number of anilines is 5. The van der Waals surface area contributed by atoms with Crippen LogP contribution in [0.25, 0.3) is 0 Å². The summed E-state index contributed by atoms with van der Waals surface area (Å²) in [6, 6.07) is 7.52. The average molecular weight is 419 g/mol. The SMILES string of the molecule is Cc1nccc(Nc2cc(NC3CCN(c4ccc(N)cn4)CC3)c(C(N)=O)cn2)n1. The summed E-state index contributed by atoms with van der Waals surface area (Å²) in [5.41, 5.74) is 12.9. The highest BCUT2D eigenvalue weighted by Crippen LogP contribution is 2.25. The van der Waals surface area contributed by atoms with Crippen LogP contribution in [0.2, 0.25) is 0 Å². The summed E-state index contributed by atoms with van der Waals surface area (Å²) in [7, 11) is 0. The fraction of sp³-hybridized carbons (Fsp3) is 0.286. The predicted molar refractivity (Wildman–Crippen MR) is 120 cm³/mol. The van der Waals surface area contributed by atoms with Gasteiger partial charge in [-0.1, -0.05) is 0 Å². The Kier molecular flexibility index (Phi) is 5.78. The number of primary amides is 1. The van der Waals surface area contributed by atoms with E-state index in [-0.39, 0.29) is 6.04 Å². The lowest BCUT2D eigenvalue weighted by Gasteiger charge is -2.34. The minimum absolute atomic E-state index is 0.194. The maximum Gasteiger partial charge on any atom is 0.252 e. The number of rotatable bonds is 6. The van der Waals surface area contributed by atoms with Gasteiger partial charge in [0.05, 0.1) is 23.1 Å². The maximum absolute atomic E-state index is 11.9. The van der Waals surface area contributed by atoms with Gasteiger partial charge < -0.3 is 27.0 Å². The Morgan fingerprint density at radius 1 is 1.10 bits per heavy atom. The lowest BCUT2D eigenvalue weighted by Crippen LogP contribution is -2.39. The van der Waals surface area contributed by atoms with E-state index in [1.54, 1.807) is 24.5 Å². The van der Waals surface area contributed by atoms with E-state index in [4.69, 9.17) is 11.5 Å². The highest BCUT2D eigenvalue weighted by molar-refractivity contribution is 5.98. The number of carbonyl (C=O) groups excluding carboxylic acids is 1. The molecule has 3 aromatic heterocycles. The molecule has 0 atom stereocenters. The van der Waals surface area contributed by atoms with Gasteiger partial charge in [0.1, 0.15) is 23.3 Å². The molecule has 0 aromatic carbocycles. The van der Waals surface area contributed by atoms with Crippen LogP contribution in [0.3, 0.4) is 0 Å². The highest BCUT2D eigenvalue weighted by atomic mass is 16.1. The van der Waals surface area contributed by atoms with Crippen LogP contribution in [0, 0.1) is 6.92 Å². The van der Waals surface area contributed by atoms with Crippen molar-refractivity contribution < 1.29 is 4.79 Å². The lowest BCUT2D eigenvalue weighted by atomic mass is 10.0. The molecule has 3 aromatic rings. The molecule has 0 spiro atoms. The van der Waals surface area contributed by atoms with Gasteiger partial charge in [-0.2, -0.15) is 0 Å². The number of aromatic nitrogens is 4. The number of nitrogens with two attached hydrogens (primary N) is 2. The van der Waals surface area contributed by atoms with E-state index in [0.29, 0.717) is 34.4 Å². The van der Waals surface area contributed by atoms with Crippen LogP contribution >= 0.6 is 0 Å². The Hall–Kier alpha value is -3.95. The van der Waals surface area contributed by atoms with Crippen molar-refractivity contribution in [3.05, 3.63) is 54.2 Å². The summed E-state index contributed by atoms with van der Waals surface area (Å²) in [6.45, 7) is 3.50. The number of hydrogen-bond donors (Lipinski definition) is 4. The molecule has 6 N–H and O–H groups in total. The number of piperidine rings is 1. The van der Waals surface area contributed by atoms with Crippen molar-refractivity contribution in [2.24, 2.45) is 5.73 Å². The highest BCUT2D eigenvalue weighted by Gasteiger charge is 2.22. The molecule has 0 radical (unpaired) electrons. The second-order valence-electron chi connectivity index (χ2n) is 7.45. The molecule has 1 saturated heterocycles. The third-order valence-corrected chi connectivity index (χ3v) is 5.15. The molecule has 1 fully saturated rings. The minimum atomic E-state index is -0.525. The van der Waals surface area contributed by atoms with Crippen molar-refractivity contribution in [2.75, 3.05) is 34.4 Å². The van der Waals surface area contributed by atoms with Crippen LogP contribution in [0.1, 0.15) is 29.0 Å². The third-order valence-electron chi connectivity index (χ3n) is 5.15. The number of aryl methyl sites for hydroxylation is 1. The molecule has 0 unspecified atom stereocenters. The van der Waals surface area contributed by atoms with E-state index in [1.807, 2.05) is 19.1 Å². The first kappa shape index (κ1) is 20.3. The molecule has 1 aliphatic heterocycles.